The highest BCUT2D eigenvalue weighted by Crippen LogP contribution is 2.34. The zero-order chi connectivity index (χ0) is 10.9. The van der Waals surface area contributed by atoms with E-state index in [0.717, 1.165) is 22.8 Å². The molecule has 1 aromatic rings. The lowest BCUT2D eigenvalue weighted by Crippen LogP contribution is -2.22. The molecule has 4 heteroatoms. The zero-order valence-corrected chi connectivity index (χ0v) is 10.0. The summed E-state index contributed by atoms with van der Waals surface area (Å²) in [6.45, 7) is 6.95. The van der Waals surface area contributed by atoms with Gasteiger partial charge in [0.05, 0.1) is 5.69 Å². The Morgan fingerprint density at radius 3 is 2.43 bits per heavy atom. The van der Waals surface area contributed by atoms with Gasteiger partial charge in [-0.1, -0.05) is 25.4 Å². The van der Waals surface area contributed by atoms with Crippen LogP contribution in [0.4, 0.5) is 0 Å². The molecule has 0 aliphatic carbocycles. The van der Waals surface area contributed by atoms with Gasteiger partial charge in [0, 0.05) is 12.6 Å². The minimum Gasteiger partial charge on any atom is -0.330 e. The molecule has 2 N–H and O–H groups in total. The van der Waals surface area contributed by atoms with Crippen molar-refractivity contribution in [3.63, 3.8) is 0 Å². The number of nitrogens with zero attached hydrogens (tertiary/aromatic N) is 2. The summed E-state index contributed by atoms with van der Waals surface area (Å²) >= 11 is 6.19. The molecule has 0 saturated carbocycles. The second-order valence-corrected chi connectivity index (χ2v) is 4.66. The molecule has 14 heavy (non-hydrogen) atoms. The summed E-state index contributed by atoms with van der Waals surface area (Å²) in [5.41, 5.74) is 7.71. The van der Waals surface area contributed by atoms with Crippen LogP contribution in [0.25, 0.3) is 0 Å². The molecule has 0 unspecified atom stereocenters. The van der Waals surface area contributed by atoms with Crippen molar-refractivity contribution in [1.29, 1.82) is 0 Å². The predicted molar refractivity (Wildman–Crippen MR) is 59.7 cm³/mol. The van der Waals surface area contributed by atoms with Gasteiger partial charge < -0.3 is 5.73 Å². The van der Waals surface area contributed by atoms with Crippen molar-refractivity contribution in [2.24, 2.45) is 12.8 Å². The van der Waals surface area contributed by atoms with Gasteiger partial charge in [-0.2, -0.15) is 5.10 Å². The van der Waals surface area contributed by atoms with Gasteiger partial charge in [0.25, 0.3) is 0 Å². The maximum atomic E-state index is 6.19. The third kappa shape index (κ3) is 1.93. The van der Waals surface area contributed by atoms with E-state index < -0.39 is 0 Å². The molecule has 0 aromatic carbocycles. The Hall–Kier alpha value is -0.540. The fourth-order valence-corrected chi connectivity index (χ4v) is 2.32. The minimum atomic E-state index is 0.00414. The molecule has 0 saturated heterocycles. The molecule has 1 heterocycles. The minimum absolute atomic E-state index is 0.00414. The van der Waals surface area contributed by atoms with Crippen LogP contribution < -0.4 is 5.73 Å². The lowest BCUT2D eigenvalue weighted by atomic mass is 9.82. The van der Waals surface area contributed by atoms with Crippen LogP contribution in [0.1, 0.15) is 31.5 Å². The molecule has 0 spiro atoms. The fraction of sp³-hybridized carbons (Fsp3) is 0.700. The first kappa shape index (κ1) is 11.5. The van der Waals surface area contributed by atoms with Crippen LogP contribution in [0, 0.1) is 6.92 Å². The van der Waals surface area contributed by atoms with Crippen molar-refractivity contribution in [1.82, 2.24) is 9.78 Å². The summed E-state index contributed by atoms with van der Waals surface area (Å²) < 4.78 is 1.71. The third-order valence-electron chi connectivity index (χ3n) is 2.60. The Morgan fingerprint density at radius 1 is 1.50 bits per heavy atom. The maximum absolute atomic E-state index is 6.19. The van der Waals surface area contributed by atoms with Crippen molar-refractivity contribution in [2.45, 2.75) is 32.6 Å². The van der Waals surface area contributed by atoms with E-state index in [2.05, 4.69) is 18.9 Å². The van der Waals surface area contributed by atoms with Gasteiger partial charge in [0.1, 0.15) is 5.15 Å². The Kier molecular flexibility index (Phi) is 3.22. The summed E-state index contributed by atoms with van der Waals surface area (Å²) in [4.78, 5) is 0. The van der Waals surface area contributed by atoms with E-state index in [0.29, 0.717) is 6.54 Å². The van der Waals surface area contributed by atoms with Gasteiger partial charge in [-0.05, 0) is 25.3 Å². The second kappa shape index (κ2) is 3.91. The number of rotatable bonds is 3. The lowest BCUT2D eigenvalue weighted by Gasteiger charge is -2.24. The van der Waals surface area contributed by atoms with Crippen molar-refractivity contribution >= 4 is 11.6 Å². The van der Waals surface area contributed by atoms with Gasteiger partial charge in [0.2, 0.25) is 0 Å². The van der Waals surface area contributed by atoms with E-state index in [4.69, 9.17) is 17.3 Å². The van der Waals surface area contributed by atoms with E-state index in [9.17, 15) is 0 Å². The van der Waals surface area contributed by atoms with Gasteiger partial charge in [-0.15, -0.1) is 0 Å². The molecule has 3 nitrogen and oxygen atoms in total. The molecule has 1 rings (SSSR count). The molecule has 1 aromatic heterocycles. The number of aromatic nitrogens is 2. The topological polar surface area (TPSA) is 43.8 Å². The molecular formula is C10H18ClN3. The molecule has 0 atom stereocenters. The average molecular weight is 216 g/mol. The first-order valence-corrected chi connectivity index (χ1v) is 5.17. The van der Waals surface area contributed by atoms with Crippen LogP contribution in [0.5, 0.6) is 0 Å². The first-order valence-electron chi connectivity index (χ1n) is 4.80. The lowest BCUT2D eigenvalue weighted by molar-refractivity contribution is 0.485. The van der Waals surface area contributed by atoms with Crippen molar-refractivity contribution in [2.75, 3.05) is 6.54 Å². The van der Waals surface area contributed by atoms with Crippen LogP contribution in [-0.4, -0.2) is 16.3 Å². The van der Waals surface area contributed by atoms with E-state index in [1.165, 1.54) is 0 Å². The number of aryl methyl sites for hydroxylation is 2. The Balaban J connectivity index is 3.17. The summed E-state index contributed by atoms with van der Waals surface area (Å²) in [6.07, 6.45) is 0.916. The highest BCUT2D eigenvalue weighted by Gasteiger charge is 2.27. The number of hydrogen-bond acceptors (Lipinski definition) is 2. The van der Waals surface area contributed by atoms with Crippen LogP contribution in [0.2, 0.25) is 5.15 Å². The Bertz CT molecular complexity index is 328. The number of hydrogen-bond donors (Lipinski definition) is 1. The van der Waals surface area contributed by atoms with E-state index in [1.54, 1.807) is 4.68 Å². The summed E-state index contributed by atoms with van der Waals surface area (Å²) in [5.74, 6) is 0. The quantitative estimate of drug-likeness (QED) is 0.839. The molecule has 0 bridgehead atoms. The third-order valence-corrected chi connectivity index (χ3v) is 3.03. The van der Waals surface area contributed by atoms with Gasteiger partial charge in [-0.3, -0.25) is 4.68 Å². The molecule has 80 valence electrons. The second-order valence-electron chi connectivity index (χ2n) is 4.30. The van der Waals surface area contributed by atoms with Gasteiger partial charge in [0.15, 0.2) is 0 Å². The average Bonchev–Trinajstić information content (AvgIpc) is 2.26. The monoisotopic (exact) mass is 215 g/mol. The predicted octanol–water partition coefficient (Wildman–Crippen LogP) is 2.01. The Morgan fingerprint density at radius 2 is 2.07 bits per heavy atom. The van der Waals surface area contributed by atoms with E-state index in [-0.39, 0.29) is 5.41 Å². The largest absolute Gasteiger partial charge is 0.330 e. The van der Waals surface area contributed by atoms with Crippen LogP contribution in [0.15, 0.2) is 0 Å². The maximum Gasteiger partial charge on any atom is 0.130 e. The van der Waals surface area contributed by atoms with Crippen LogP contribution >= 0.6 is 11.6 Å². The normalized spacial score (nSPS) is 12.1. The highest BCUT2D eigenvalue weighted by molar-refractivity contribution is 6.30. The van der Waals surface area contributed by atoms with Crippen molar-refractivity contribution in [3.8, 4) is 0 Å². The Labute approximate surface area is 90.2 Å². The molecule has 0 fully saturated rings. The summed E-state index contributed by atoms with van der Waals surface area (Å²) in [7, 11) is 1.86. The standard InChI is InChI=1S/C10H18ClN3/c1-7-8(9(11)14(4)13-7)10(2,3)5-6-12/h5-6,12H2,1-4H3. The van der Waals surface area contributed by atoms with Crippen LogP contribution in [0.3, 0.4) is 0 Å². The molecule has 0 radical (unpaired) electrons. The fourth-order valence-electron chi connectivity index (χ4n) is 1.88. The zero-order valence-electron chi connectivity index (χ0n) is 9.26. The molecule has 0 aliphatic rings. The van der Waals surface area contributed by atoms with E-state index in [1.807, 2.05) is 14.0 Å². The van der Waals surface area contributed by atoms with Crippen molar-refractivity contribution < 1.29 is 0 Å². The van der Waals surface area contributed by atoms with Gasteiger partial charge in [-0.25, -0.2) is 0 Å². The summed E-state index contributed by atoms with van der Waals surface area (Å²) in [6, 6.07) is 0. The SMILES string of the molecule is Cc1nn(C)c(Cl)c1C(C)(C)CCN. The van der Waals surface area contributed by atoms with E-state index >= 15 is 0 Å². The van der Waals surface area contributed by atoms with Gasteiger partial charge >= 0.3 is 0 Å². The molecular weight excluding hydrogens is 198 g/mol. The highest BCUT2D eigenvalue weighted by atomic mass is 35.5. The van der Waals surface area contributed by atoms with Crippen LogP contribution in [-0.2, 0) is 12.5 Å². The number of nitrogens with two attached hydrogens (primary N) is 1. The molecule has 0 amide bonds. The summed E-state index contributed by atoms with van der Waals surface area (Å²) in [5, 5.41) is 5.03. The van der Waals surface area contributed by atoms with Crippen molar-refractivity contribution in [3.05, 3.63) is 16.4 Å². The molecule has 0 aliphatic heterocycles. The first-order chi connectivity index (χ1) is 6.40. The number of halogens is 1. The smallest absolute Gasteiger partial charge is 0.130 e.